The standard InChI is InChI=1S/C16H15N5O3/c1-24-11-4-9(6-18-8-11)7-19-16(23)14-20-13-3-2-10(17)5-12(13)15(22)21-14/h2-6,8H,7,17H2,1H3,(H,19,23)(H,20,21,22). The number of benzene rings is 1. The number of H-pyrrole nitrogens is 1. The van der Waals surface area contributed by atoms with Crippen LogP contribution in [0.25, 0.3) is 10.9 Å². The molecule has 0 radical (unpaired) electrons. The molecule has 0 atom stereocenters. The minimum atomic E-state index is -0.492. The molecule has 0 spiro atoms. The van der Waals surface area contributed by atoms with Crippen LogP contribution in [0.1, 0.15) is 16.2 Å². The lowest BCUT2D eigenvalue weighted by atomic mass is 10.2. The second kappa shape index (κ2) is 6.37. The molecule has 3 rings (SSSR count). The molecule has 4 N–H and O–H groups in total. The van der Waals surface area contributed by atoms with Crippen molar-refractivity contribution >= 4 is 22.5 Å². The zero-order chi connectivity index (χ0) is 17.1. The van der Waals surface area contributed by atoms with Gasteiger partial charge in [-0.2, -0.15) is 0 Å². The van der Waals surface area contributed by atoms with E-state index >= 15 is 0 Å². The molecule has 0 aliphatic heterocycles. The largest absolute Gasteiger partial charge is 0.495 e. The maximum Gasteiger partial charge on any atom is 0.287 e. The van der Waals surface area contributed by atoms with Crippen LogP contribution in [0.3, 0.4) is 0 Å². The van der Waals surface area contributed by atoms with Crippen molar-refractivity contribution in [2.24, 2.45) is 0 Å². The fourth-order valence-electron chi connectivity index (χ4n) is 2.20. The molecule has 0 aliphatic carbocycles. The van der Waals surface area contributed by atoms with Gasteiger partial charge in [0.2, 0.25) is 0 Å². The highest BCUT2D eigenvalue weighted by Gasteiger charge is 2.11. The van der Waals surface area contributed by atoms with Gasteiger partial charge in [0.05, 0.1) is 24.2 Å². The van der Waals surface area contributed by atoms with Crippen LogP contribution in [-0.4, -0.2) is 28.0 Å². The van der Waals surface area contributed by atoms with Crippen LogP contribution >= 0.6 is 0 Å². The average Bonchev–Trinajstić information content (AvgIpc) is 2.60. The van der Waals surface area contributed by atoms with Crippen LogP contribution in [-0.2, 0) is 6.54 Å². The van der Waals surface area contributed by atoms with Crippen molar-refractivity contribution in [1.82, 2.24) is 20.3 Å². The third-order valence-corrected chi connectivity index (χ3v) is 3.40. The van der Waals surface area contributed by atoms with Gasteiger partial charge >= 0.3 is 0 Å². The number of nitrogen functional groups attached to an aromatic ring is 1. The summed E-state index contributed by atoms with van der Waals surface area (Å²) in [5.41, 5.74) is 6.86. The number of carbonyl (C=O) groups excluding carboxylic acids is 1. The number of hydrogen-bond donors (Lipinski definition) is 3. The third-order valence-electron chi connectivity index (χ3n) is 3.40. The summed E-state index contributed by atoms with van der Waals surface area (Å²) in [6.45, 7) is 0.229. The molecule has 0 saturated carbocycles. The number of nitrogens with two attached hydrogens (primary N) is 1. The Labute approximate surface area is 136 Å². The van der Waals surface area contributed by atoms with Gasteiger partial charge in [-0.1, -0.05) is 0 Å². The van der Waals surface area contributed by atoms with Crippen molar-refractivity contribution in [2.45, 2.75) is 6.54 Å². The zero-order valence-electron chi connectivity index (χ0n) is 12.9. The molecule has 1 amide bonds. The Morgan fingerprint density at radius 2 is 2.17 bits per heavy atom. The second-order valence-electron chi connectivity index (χ2n) is 5.11. The van der Waals surface area contributed by atoms with Gasteiger partial charge < -0.3 is 20.8 Å². The predicted molar refractivity (Wildman–Crippen MR) is 88.7 cm³/mol. The predicted octanol–water partition coefficient (Wildman–Crippen LogP) is 0.839. The number of methoxy groups -OCH3 is 1. The quantitative estimate of drug-likeness (QED) is 0.611. The van der Waals surface area contributed by atoms with Crippen LogP contribution < -0.4 is 21.3 Å². The first-order valence-electron chi connectivity index (χ1n) is 7.12. The Morgan fingerprint density at radius 3 is 2.96 bits per heavy atom. The number of fused-ring (bicyclic) bond motifs is 1. The molecular weight excluding hydrogens is 310 g/mol. The van der Waals surface area contributed by atoms with Crippen LogP contribution in [0.15, 0.2) is 41.5 Å². The van der Waals surface area contributed by atoms with Crippen molar-refractivity contribution in [3.63, 3.8) is 0 Å². The minimum Gasteiger partial charge on any atom is -0.495 e. The number of nitrogens with one attached hydrogen (secondary N) is 2. The summed E-state index contributed by atoms with van der Waals surface area (Å²) in [6.07, 6.45) is 3.18. The molecule has 122 valence electrons. The van der Waals surface area contributed by atoms with Crippen molar-refractivity contribution in [3.8, 4) is 5.75 Å². The SMILES string of the molecule is COc1cncc(CNC(=O)c2nc3ccc(N)cc3c(=O)[nH]2)c1. The third kappa shape index (κ3) is 3.17. The molecule has 0 unspecified atom stereocenters. The maximum absolute atomic E-state index is 12.2. The van der Waals surface area contributed by atoms with E-state index in [2.05, 4.69) is 20.3 Å². The fraction of sp³-hybridized carbons (Fsp3) is 0.125. The van der Waals surface area contributed by atoms with Gasteiger partial charge in [0.1, 0.15) is 5.75 Å². The molecule has 0 fully saturated rings. The van der Waals surface area contributed by atoms with Crippen LogP contribution in [0.2, 0.25) is 0 Å². The number of hydrogen-bond acceptors (Lipinski definition) is 6. The van der Waals surface area contributed by atoms with Gasteiger partial charge in [0.15, 0.2) is 5.82 Å². The summed E-state index contributed by atoms with van der Waals surface area (Å²) in [6, 6.07) is 6.50. The van der Waals surface area contributed by atoms with E-state index in [1.165, 1.54) is 13.2 Å². The molecule has 3 aromatic rings. The Balaban J connectivity index is 1.81. The van der Waals surface area contributed by atoms with E-state index in [1.807, 2.05) is 0 Å². The Kier molecular flexibility index (Phi) is 4.11. The number of rotatable bonds is 4. The second-order valence-corrected chi connectivity index (χ2v) is 5.11. The maximum atomic E-state index is 12.2. The molecule has 2 aromatic heterocycles. The topological polar surface area (TPSA) is 123 Å². The molecule has 8 heteroatoms. The summed E-state index contributed by atoms with van der Waals surface area (Å²) < 4.78 is 5.07. The summed E-state index contributed by atoms with van der Waals surface area (Å²) in [5, 5.41) is 3.01. The first-order chi connectivity index (χ1) is 11.6. The monoisotopic (exact) mass is 325 g/mol. The van der Waals surface area contributed by atoms with Crippen LogP contribution in [0.5, 0.6) is 5.75 Å². The van der Waals surface area contributed by atoms with Crippen LogP contribution in [0, 0.1) is 0 Å². The normalized spacial score (nSPS) is 10.5. The number of aromatic nitrogens is 3. The molecule has 0 aliphatic rings. The summed E-state index contributed by atoms with van der Waals surface area (Å²) in [7, 11) is 1.54. The van der Waals surface area contributed by atoms with Gasteiger partial charge in [0.25, 0.3) is 11.5 Å². The van der Waals surface area contributed by atoms with Gasteiger partial charge in [-0.05, 0) is 29.8 Å². The van der Waals surface area contributed by atoms with Gasteiger partial charge in [-0.25, -0.2) is 4.98 Å². The molecule has 0 saturated heterocycles. The van der Waals surface area contributed by atoms with E-state index in [9.17, 15) is 9.59 Å². The lowest BCUT2D eigenvalue weighted by Gasteiger charge is -2.07. The van der Waals surface area contributed by atoms with E-state index in [4.69, 9.17) is 10.5 Å². The Bertz CT molecular complexity index is 967. The van der Waals surface area contributed by atoms with Gasteiger partial charge in [-0.3, -0.25) is 14.6 Å². The number of nitrogens with zero attached hydrogens (tertiary/aromatic N) is 2. The molecule has 1 aromatic carbocycles. The van der Waals surface area contributed by atoms with E-state index in [1.54, 1.807) is 30.6 Å². The molecule has 8 nitrogen and oxygen atoms in total. The molecule has 0 bridgehead atoms. The average molecular weight is 325 g/mol. The number of amides is 1. The van der Waals surface area contributed by atoms with E-state index in [-0.39, 0.29) is 12.4 Å². The summed E-state index contributed by atoms with van der Waals surface area (Å²) >= 11 is 0. The van der Waals surface area contributed by atoms with Gasteiger partial charge in [-0.15, -0.1) is 0 Å². The molecule has 24 heavy (non-hydrogen) atoms. The van der Waals surface area contributed by atoms with Crippen molar-refractivity contribution in [1.29, 1.82) is 0 Å². The highest BCUT2D eigenvalue weighted by Crippen LogP contribution is 2.12. The fourth-order valence-corrected chi connectivity index (χ4v) is 2.20. The van der Waals surface area contributed by atoms with Crippen molar-refractivity contribution < 1.29 is 9.53 Å². The number of aromatic amines is 1. The Hall–Kier alpha value is -3.42. The van der Waals surface area contributed by atoms with E-state index in [0.717, 1.165) is 5.56 Å². The zero-order valence-corrected chi connectivity index (χ0v) is 12.9. The summed E-state index contributed by atoms with van der Waals surface area (Å²) in [4.78, 5) is 34.9. The highest BCUT2D eigenvalue weighted by atomic mass is 16.5. The van der Waals surface area contributed by atoms with E-state index < -0.39 is 11.5 Å². The van der Waals surface area contributed by atoms with E-state index in [0.29, 0.717) is 22.3 Å². The summed E-state index contributed by atoms with van der Waals surface area (Å²) in [5.74, 6) is 0.0401. The lowest BCUT2D eigenvalue weighted by molar-refractivity contribution is 0.0940. The number of anilines is 1. The lowest BCUT2D eigenvalue weighted by Crippen LogP contribution is -2.27. The van der Waals surface area contributed by atoms with Crippen molar-refractivity contribution in [2.75, 3.05) is 12.8 Å². The molecule has 2 heterocycles. The highest BCUT2D eigenvalue weighted by molar-refractivity contribution is 5.92. The van der Waals surface area contributed by atoms with Crippen molar-refractivity contribution in [3.05, 3.63) is 58.4 Å². The number of ether oxygens (including phenoxy) is 1. The number of carbonyl (C=O) groups is 1. The Morgan fingerprint density at radius 1 is 1.33 bits per heavy atom. The minimum absolute atomic E-state index is 0.0619. The first-order valence-corrected chi connectivity index (χ1v) is 7.12. The number of pyridine rings is 1. The smallest absolute Gasteiger partial charge is 0.287 e. The van der Waals surface area contributed by atoms with Gasteiger partial charge in [0, 0.05) is 18.4 Å². The van der Waals surface area contributed by atoms with Crippen LogP contribution in [0.4, 0.5) is 5.69 Å². The first kappa shape index (κ1) is 15.5. The molecular formula is C16H15N5O3.